The van der Waals surface area contributed by atoms with Crippen molar-refractivity contribution in [3.8, 4) is 5.75 Å². The van der Waals surface area contributed by atoms with Crippen LogP contribution >= 0.6 is 0 Å². The number of rotatable bonds is 6. The third-order valence-electron chi connectivity index (χ3n) is 5.21. The summed E-state index contributed by atoms with van der Waals surface area (Å²) < 4.78 is 59.7. The highest BCUT2D eigenvalue weighted by Crippen LogP contribution is 2.35. The fourth-order valence-corrected chi connectivity index (χ4v) is 3.22. The molecule has 0 aliphatic carbocycles. The molecule has 1 amide bonds. The minimum Gasteiger partial charge on any atom is -0.480 e. The van der Waals surface area contributed by atoms with Crippen LogP contribution in [0.25, 0.3) is 0 Å². The van der Waals surface area contributed by atoms with Gasteiger partial charge in [-0.3, -0.25) is 4.79 Å². The Morgan fingerprint density at radius 1 is 1.24 bits per heavy atom. The van der Waals surface area contributed by atoms with Gasteiger partial charge < -0.3 is 25.2 Å². The normalized spacial score (nSPS) is 17.9. The maximum absolute atomic E-state index is 15.1. The predicted molar refractivity (Wildman–Crippen MR) is 117 cm³/mol. The van der Waals surface area contributed by atoms with Gasteiger partial charge in [0.25, 0.3) is 5.91 Å². The van der Waals surface area contributed by atoms with Crippen molar-refractivity contribution in [3.63, 3.8) is 0 Å². The molecule has 3 atom stereocenters. The number of hydrazone groups is 1. The highest BCUT2D eigenvalue weighted by molar-refractivity contribution is 6.07. The number of amides is 1. The summed E-state index contributed by atoms with van der Waals surface area (Å²) in [6.07, 6.45) is -9.76. The molecule has 3 rings (SSSR count). The first-order chi connectivity index (χ1) is 15.8. The van der Waals surface area contributed by atoms with Crippen LogP contribution in [0.5, 0.6) is 5.75 Å². The second-order valence-electron chi connectivity index (χ2n) is 7.81. The fraction of sp³-hybridized carbons (Fsp3) is 0.364. The number of carbonyl (C=O) groups excluding carboxylic acids is 1. The summed E-state index contributed by atoms with van der Waals surface area (Å²) >= 11 is 0. The lowest BCUT2D eigenvalue weighted by Gasteiger charge is -2.26. The molecule has 0 aromatic heterocycles. The van der Waals surface area contributed by atoms with Crippen molar-refractivity contribution >= 4 is 23.1 Å². The molecule has 0 unspecified atom stereocenters. The zero-order valence-electron chi connectivity index (χ0n) is 18.8. The Labute approximate surface area is 193 Å². The summed E-state index contributed by atoms with van der Waals surface area (Å²) in [5.41, 5.74) is 0.131. The first-order valence-corrected chi connectivity index (χ1v) is 10.2. The summed E-state index contributed by atoms with van der Waals surface area (Å²) in [5, 5.41) is 27.5. The van der Waals surface area contributed by atoms with Crippen molar-refractivity contribution in [1.29, 1.82) is 0 Å². The lowest BCUT2D eigenvalue weighted by molar-refractivity contribution is -0.189. The van der Waals surface area contributed by atoms with Gasteiger partial charge in [-0.25, -0.2) is 9.40 Å². The molecule has 184 valence electrons. The molecule has 1 aliphatic rings. The number of hydrogen-bond donors (Lipinski definition) is 3. The van der Waals surface area contributed by atoms with Crippen LogP contribution < -0.4 is 15.1 Å². The summed E-state index contributed by atoms with van der Waals surface area (Å²) in [5.74, 6) is -2.51. The number of aryl methyl sites for hydroxylation is 1. The molecule has 0 radical (unpaired) electrons. The number of halogens is 4. The largest absolute Gasteiger partial charge is 0.480 e. The van der Waals surface area contributed by atoms with Gasteiger partial charge in [0.05, 0.1) is 5.56 Å². The van der Waals surface area contributed by atoms with E-state index in [1.807, 2.05) is 0 Å². The zero-order valence-corrected chi connectivity index (χ0v) is 18.8. The summed E-state index contributed by atoms with van der Waals surface area (Å²) in [4.78, 5) is 14.0. The van der Waals surface area contributed by atoms with Crippen LogP contribution in [-0.2, 0) is 0 Å². The van der Waals surface area contributed by atoms with Gasteiger partial charge in [-0.2, -0.15) is 18.3 Å². The van der Waals surface area contributed by atoms with Gasteiger partial charge >= 0.3 is 6.18 Å². The summed E-state index contributed by atoms with van der Waals surface area (Å²) in [7, 11) is 1.39. The average Bonchev–Trinajstić information content (AvgIpc) is 3.04. The number of likely N-dealkylation sites (N-methyl/N-ethyl adjacent to an activating group) is 1. The number of benzene rings is 2. The highest BCUT2D eigenvalue weighted by Gasteiger charge is 2.40. The lowest BCUT2D eigenvalue weighted by Crippen LogP contribution is -2.42. The number of anilines is 2. The number of aliphatic hydroxyl groups is 2. The van der Waals surface area contributed by atoms with Crippen molar-refractivity contribution in [3.05, 3.63) is 53.3 Å². The molecule has 8 nitrogen and oxygen atoms in total. The molecule has 0 saturated carbocycles. The van der Waals surface area contributed by atoms with Crippen molar-refractivity contribution in [2.24, 2.45) is 5.10 Å². The number of amidine groups is 1. The van der Waals surface area contributed by atoms with Crippen molar-refractivity contribution < 1.29 is 37.3 Å². The molecule has 12 heteroatoms. The van der Waals surface area contributed by atoms with Gasteiger partial charge in [0.1, 0.15) is 23.4 Å². The van der Waals surface area contributed by atoms with Crippen LogP contribution in [0, 0.1) is 12.7 Å². The van der Waals surface area contributed by atoms with E-state index < -0.39 is 53.5 Å². The molecule has 0 fully saturated rings. The Morgan fingerprint density at radius 2 is 1.88 bits per heavy atom. The quantitative estimate of drug-likeness (QED) is 0.544. The first-order valence-electron chi connectivity index (χ1n) is 10.2. The molecule has 34 heavy (non-hydrogen) atoms. The van der Waals surface area contributed by atoms with Gasteiger partial charge in [0, 0.05) is 18.8 Å². The standard InChI is InChI=1S/C22H24F4N4O4/c1-11-7-5-6-8-16(11)27-20(32)14-9-15(23)17(10-18(14)34-13(3)22(24,25)26)30-21(33)29(4)19(28-30)12(2)31/h5-10,12-13,21,31,33H,1-4H3,(H,27,32)/t12-,13-,21-/m0/s1. The van der Waals surface area contributed by atoms with E-state index >= 15 is 4.39 Å². The minimum absolute atomic E-state index is 0.000555. The highest BCUT2D eigenvalue weighted by atomic mass is 19.4. The molecule has 1 heterocycles. The summed E-state index contributed by atoms with van der Waals surface area (Å²) in [6, 6.07) is 8.25. The van der Waals surface area contributed by atoms with Crippen LogP contribution in [0.3, 0.4) is 0 Å². The maximum Gasteiger partial charge on any atom is 0.425 e. The zero-order chi connectivity index (χ0) is 25.4. The van der Waals surface area contributed by atoms with Crippen LogP contribution in [0.1, 0.15) is 29.8 Å². The topological polar surface area (TPSA) is 97.6 Å². The molecule has 3 N–H and O–H groups in total. The summed E-state index contributed by atoms with van der Waals surface area (Å²) in [6.45, 7) is 3.83. The van der Waals surface area contributed by atoms with Crippen LogP contribution in [0.15, 0.2) is 41.5 Å². The van der Waals surface area contributed by atoms with Gasteiger partial charge in [-0.05, 0) is 38.5 Å². The van der Waals surface area contributed by atoms with E-state index in [9.17, 15) is 28.2 Å². The van der Waals surface area contributed by atoms with E-state index in [1.165, 1.54) is 14.0 Å². The lowest BCUT2D eigenvalue weighted by atomic mass is 10.1. The number of nitrogens with one attached hydrogen (secondary N) is 1. The SMILES string of the molecule is Cc1ccccc1NC(=O)c1cc(F)c(N2N=C([C@H](C)O)N(C)[C@@H]2O)cc1O[C@@H](C)C(F)(F)F. The number of nitrogens with zero attached hydrogens (tertiary/aromatic N) is 3. The second kappa shape index (κ2) is 9.47. The van der Waals surface area contributed by atoms with Crippen LogP contribution in [-0.4, -0.2) is 58.6 Å². The van der Waals surface area contributed by atoms with Crippen LogP contribution in [0.2, 0.25) is 0 Å². The number of para-hydroxylation sites is 1. The second-order valence-corrected chi connectivity index (χ2v) is 7.81. The first kappa shape index (κ1) is 25.2. The van der Waals surface area contributed by atoms with E-state index in [1.54, 1.807) is 31.2 Å². The number of aliphatic hydroxyl groups excluding tert-OH is 2. The average molecular weight is 484 g/mol. The molecule has 2 aromatic rings. The maximum atomic E-state index is 15.1. The Bertz CT molecular complexity index is 1110. The Morgan fingerprint density at radius 3 is 2.44 bits per heavy atom. The monoisotopic (exact) mass is 484 g/mol. The molecular formula is C22H24F4N4O4. The Balaban J connectivity index is 2.07. The van der Waals surface area contributed by atoms with Crippen molar-refractivity contribution in [2.75, 3.05) is 17.4 Å². The molecule has 0 spiro atoms. The van der Waals surface area contributed by atoms with E-state index in [0.717, 1.165) is 22.9 Å². The van der Waals surface area contributed by atoms with Crippen molar-refractivity contribution in [1.82, 2.24) is 4.90 Å². The number of alkyl halides is 3. The molecular weight excluding hydrogens is 460 g/mol. The van der Waals surface area contributed by atoms with Gasteiger partial charge in [-0.15, -0.1) is 0 Å². The third kappa shape index (κ3) is 5.07. The molecule has 2 aromatic carbocycles. The number of ether oxygens (including phenoxy) is 1. The number of hydrogen-bond acceptors (Lipinski definition) is 7. The third-order valence-corrected chi connectivity index (χ3v) is 5.21. The fourth-order valence-electron chi connectivity index (χ4n) is 3.22. The smallest absolute Gasteiger partial charge is 0.425 e. The molecule has 1 aliphatic heterocycles. The minimum atomic E-state index is -4.76. The van der Waals surface area contributed by atoms with Gasteiger partial charge in [0.2, 0.25) is 6.35 Å². The van der Waals surface area contributed by atoms with E-state index in [0.29, 0.717) is 17.3 Å². The Kier molecular flexibility index (Phi) is 7.03. The van der Waals surface area contributed by atoms with Crippen molar-refractivity contribution in [2.45, 2.75) is 45.5 Å². The van der Waals surface area contributed by atoms with E-state index in [2.05, 4.69) is 10.4 Å². The predicted octanol–water partition coefficient (Wildman–Crippen LogP) is 3.44. The van der Waals surface area contributed by atoms with Gasteiger partial charge in [-0.1, -0.05) is 18.2 Å². The number of carbonyl (C=O) groups is 1. The molecule has 0 bridgehead atoms. The van der Waals surface area contributed by atoms with Gasteiger partial charge in [0.15, 0.2) is 11.9 Å². The van der Waals surface area contributed by atoms with Crippen LogP contribution in [0.4, 0.5) is 28.9 Å². The van der Waals surface area contributed by atoms with E-state index in [4.69, 9.17) is 4.74 Å². The van der Waals surface area contributed by atoms with E-state index in [-0.39, 0.29) is 5.84 Å². The Hall–Kier alpha value is -3.38. The molecule has 0 saturated heterocycles.